The first-order valence-electron chi connectivity index (χ1n) is 20.5. The molecule has 4 aliphatic rings. The largest absolute Gasteiger partial charge is 1.00 e. The Hall–Kier alpha value is 1.02. The molecule has 0 radical (unpaired) electrons. The van der Waals surface area contributed by atoms with E-state index in [1.54, 1.807) is 0 Å². The molecule has 0 spiro atoms. The Balaban J connectivity index is -0.000000175. The van der Waals surface area contributed by atoms with Gasteiger partial charge in [-0.2, -0.15) is 0 Å². The third kappa shape index (κ3) is 42.4. The second kappa shape index (κ2) is 36.1. The van der Waals surface area contributed by atoms with Crippen LogP contribution in [0.3, 0.4) is 0 Å². The minimum absolute atomic E-state index is 0. The number of hydrogen-bond acceptors (Lipinski definition) is 13. The minimum Gasteiger partial charge on any atom is -1.00 e. The highest BCUT2D eigenvalue weighted by atomic mass is 35.5. The van der Waals surface area contributed by atoms with Gasteiger partial charge in [-0.25, -0.2) is 0 Å². The zero-order valence-corrected chi connectivity index (χ0v) is 44.8. The van der Waals surface area contributed by atoms with Crippen LogP contribution < -0.4 is 83.3 Å². The maximum atomic E-state index is 10.5. The second-order valence-corrected chi connectivity index (χ2v) is 21.0. The summed E-state index contributed by atoms with van der Waals surface area (Å²) in [6.45, 7) is 12.7. The van der Waals surface area contributed by atoms with E-state index in [1.165, 1.54) is 0 Å². The number of hydrogen-bond donors (Lipinski definition) is 11. The molecule has 5 atom stereocenters. The Morgan fingerprint density at radius 3 is 1.03 bits per heavy atom. The van der Waals surface area contributed by atoms with E-state index >= 15 is 0 Å². The van der Waals surface area contributed by atoms with Crippen LogP contribution in [0.15, 0.2) is 0 Å². The van der Waals surface area contributed by atoms with Gasteiger partial charge >= 0.3 is 0 Å². The van der Waals surface area contributed by atoms with E-state index in [2.05, 4.69) is 87.4 Å². The van der Waals surface area contributed by atoms with E-state index in [1.807, 2.05) is 35.2 Å². The average molecular weight is 1030 g/mol. The third-order valence-corrected chi connectivity index (χ3v) is 9.65. The first kappa shape index (κ1) is 74.6. The van der Waals surface area contributed by atoms with Crippen LogP contribution in [0.1, 0.15) is 0 Å². The molecular formula is C38H93Cl6N11O7. The van der Waals surface area contributed by atoms with Crippen LogP contribution in [0.2, 0.25) is 0 Å². The van der Waals surface area contributed by atoms with Crippen molar-refractivity contribution in [2.24, 2.45) is 0 Å². The van der Waals surface area contributed by atoms with E-state index in [4.69, 9.17) is 32.0 Å². The molecule has 0 aliphatic carbocycles. The molecule has 0 bridgehead atoms. The molecule has 0 saturated carbocycles. The molecule has 4 aliphatic heterocycles. The lowest BCUT2D eigenvalue weighted by Crippen LogP contribution is -3.00. The summed E-state index contributed by atoms with van der Waals surface area (Å²) < 4.78 is 3.47. The lowest BCUT2D eigenvalue weighted by Gasteiger charge is -2.50. The fourth-order valence-electron chi connectivity index (χ4n) is 7.94. The SMILES string of the molecule is CN1CC(O)CN(C)C1.C[N+](C)(C)CC(O)CCl.C[N+](C)(C)CC(O)C[N+]1(C)CC(O)C[N+](C)(CC(O)C[N+](C)(C)C)C1.OC1CNCNC1.OC1CNCNC1.[Cl-].[Cl-].[Cl-].[Cl-].[Cl-]. The Kier molecular flexibility index (Phi) is 43.4. The van der Waals surface area contributed by atoms with Crippen LogP contribution in [-0.2, 0) is 0 Å². The molecule has 11 N–H and O–H groups in total. The van der Waals surface area contributed by atoms with Gasteiger partial charge in [-0.15, -0.1) is 11.6 Å². The lowest BCUT2D eigenvalue weighted by molar-refractivity contribution is -1.11. The summed E-state index contributed by atoms with van der Waals surface area (Å²) in [7, 11) is 26.8. The zero-order chi connectivity index (χ0) is 44.3. The van der Waals surface area contributed by atoms with Gasteiger partial charge in [0.2, 0.25) is 6.67 Å². The van der Waals surface area contributed by atoms with Gasteiger partial charge < -0.3 is 132 Å². The summed E-state index contributed by atoms with van der Waals surface area (Å²) in [6, 6.07) is 0. The van der Waals surface area contributed by atoms with Gasteiger partial charge in [-0.1, -0.05) is 0 Å². The minimum atomic E-state index is -0.406. The molecule has 4 rings (SSSR count). The standard InChI is InChI=1S/C18H44N4O3.C6H15ClNO.C6H14N2O.2C4H10N2O.5ClH/c1-19(2,3)9-16(23)11-21(7)13-18(25)14-22(8,15-21)12-17(24)10-20(4,5)6;1-8(2,3)5-6(9)4-7;1-7-3-6(9)4-8(2)5-7;2*7-4-1-5-3-6-2-4;;;;;/h16-18,23-25H,9-15H2,1-8H3;6,9H,4-5H2,1-3H3;6,9H,3-5H2,1-2H3;2*4-7H,1-3H2;5*1H/q+4;+1;;;;;;;;/p-5. The lowest BCUT2D eigenvalue weighted by atomic mass is 10.1. The van der Waals surface area contributed by atoms with Crippen molar-refractivity contribution in [1.82, 2.24) is 31.1 Å². The molecule has 0 aromatic carbocycles. The number of likely N-dealkylation sites (N-methyl/N-ethyl adjacent to an activating group) is 7. The topological polar surface area (TPSA) is 196 Å². The first-order chi connectivity index (χ1) is 25.9. The quantitative estimate of drug-likeness (QED) is 0.0692. The Morgan fingerprint density at radius 2 is 0.823 bits per heavy atom. The predicted molar refractivity (Wildman–Crippen MR) is 230 cm³/mol. The molecule has 0 amide bonds. The maximum Gasteiger partial charge on any atom is 0.207 e. The third-order valence-electron chi connectivity index (χ3n) is 9.29. The Labute approximate surface area is 412 Å². The molecule has 4 saturated heterocycles. The normalized spacial score (nSPS) is 25.6. The number of quaternary nitrogens is 5. The van der Waals surface area contributed by atoms with E-state index < -0.39 is 18.3 Å². The molecule has 384 valence electrons. The smallest absolute Gasteiger partial charge is 0.207 e. The molecule has 4 fully saturated rings. The van der Waals surface area contributed by atoms with Crippen molar-refractivity contribution in [2.45, 2.75) is 42.7 Å². The highest BCUT2D eigenvalue weighted by Crippen LogP contribution is 2.22. The molecule has 0 aromatic rings. The van der Waals surface area contributed by atoms with Crippen molar-refractivity contribution in [1.29, 1.82) is 0 Å². The van der Waals surface area contributed by atoms with Crippen LogP contribution in [0.25, 0.3) is 0 Å². The molecule has 62 heavy (non-hydrogen) atoms. The van der Waals surface area contributed by atoms with Crippen molar-refractivity contribution in [3.8, 4) is 0 Å². The molecule has 5 unspecified atom stereocenters. The predicted octanol–water partition coefficient (Wildman–Crippen LogP) is -20.2. The van der Waals surface area contributed by atoms with E-state index in [0.717, 1.165) is 79.4 Å². The van der Waals surface area contributed by atoms with Crippen molar-refractivity contribution in [2.75, 3.05) is 209 Å². The molecular weight excluding hydrogens is 935 g/mol. The number of rotatable bonds is 11. The zero-order valence-electron chi connectivity index (χ0n) is 40.3. The first-order valence-corrected chi connectivity index (χ1v) is 21.1. The van der Waals surface area contributed by atoms with Gasteiger partial charge in [0.1, 0.15) is 51.9 Å². The van der Waals surface area contributed by atoms with Crippen LogP contribution in [0.4, 0.5) is 0 Å². The van der Waals surface area contributed by atoms with Crippen molar-refractivity contribution in [3.63, 3.8) is 0 Å². The number of alkyl halides is 1. The fourth-order valence-corrected chi connectivity index (χ4v) is 8.04. The summed E-state index contributed by atoms with van der Waals surface area (Å²) >= 11 is 5.40. The number of aliphatic hydroxyl groups is 7. The summed E-state index contributed by atoms with van der Waals surface area (Å²) in [4.78, 5) is 4.21. The van der Waals surface area contributed by atoms with E-state index in [9.17, 15) is 15.3 Å². The van der Waals surface area contributed by atoms with Crippen molar-refractivity contribution in [3.05, 3.63) is 0 Å². The van der Waals surface area contributed by atoms with Gasteiger partial charge in [0.25, 0.3) is 0 Å². The number of β-amino-alcohol motifs (C(OH)–C–C–N with tert-alkyl or cyclic N) is 3. The summed E-state index contributed by atoms with van der Waals surface area (Å²) in [5.74, 6) is 0.329. The monoisotopic (exact) mass is 1030 g/mol. The van der Waals surface area contributed by atoms with Gasteiger partial charge in [0.05, 0.1) is 108 Å². The summed E-state index contributed by atoms with van der Waals surface area (Å²) in [5, 5.41) is 79.2. The molecule has 0 aromatic heterocycles. The van der Waals surface area contributed by atoms with Gasteiger partial charge in [-0.3, -0.25) is 18.8 Å². The number of nitrogens with zero attached hydrogens (tertiary/aromatic N) is 7. The maximum absolute atomic E-state index is 10.5. The fraction of sp³-hybridized carbons (Fsp3) is 1.00. The van der Waals surface area contributed by atoms with Crippen LogP contribution in [-0.4, -0.2) is 320 Å². The van der Waals surface area contributed by atoms with Gasteiger partial charge in [0, 0.05) is 52.6 Å². The summed E-state index contributed by atoms with van der Waals surface area (Å²) in [6.07, 6.45) is -2.11. The highest BCUT2D eigenvalue weighted by Gasteiger charge is 2.46. The number of aliphatic hydroxyl groups excluding tert-OH is 7. The van der Waals surface area contributed by atoms with Gasteiger partial charge in [-0.05, 0) is 14.1 Å². The van der Waals surface area contributed by atoms with Crippen LogP contribution >= 0.6 is 11.6 Å². The second-order valence-electron chi connectivity index (χ2n) is 20.6. The van der Waals surface area contributed by atoms with Crippen LogP contribution in [0, 0.1) is 0 Å². The summed E-state index contributed by atoms with van der Waals surface area (Å²) in [5.41, 5.74) is 0. The number of halogens is 6. The average Bonchev–Trinajstić information content (AvgIpc) is 2.98. The van der Waals surface area contributed by atoms with E-state index in [-0.39, 0.29) is 86.5 Å². The number of nitrogens with one attached hydrogen (secondary N) is 4. The van der Waals surface area contributed by atoms with E-state index in [0.29, 0.717) is 60.7 Å². The molecule has 4 heterocycles. The Bertz CT molecular complexity index is 973. The Morgan fingerprint density at radius 1 is 0.532 bits per heavy atom. The van der Waals surface area contributed by atoms with Crippen molar-refractivity contribution >= 4 is 11.6 Å². The molecule has 24 heteroatoms. The van der Waals surface area contributed by atoms with Crippen LogP contribution in [0.5, 0.6) is 0 Å². The highest BCUT2D eigenvalue weighted by molar-refractivity contribution is 6.18. The van der Waals surface area contributed by atoms with Crippen molar-refractivity contribution < 1.29 is 120 Å². The molecule has 18 nitrogen and oxygen atoms in total. The van der Waals surface area contributed by atoms with Gasteiger partial charge in [0.15, 0.2) is 18.3 Å².